The third-order valence-corrected chi connectivity index (χ3v) is 3.81. The summed E-state index contributed by atoms with van der Waals surface area (Å²) in [6, 6.07) is 8.21. The van der Waals surface area contributed by atoms with Crippen LogP contribution < -0.4 is 22.1 Å². The number of allylic oxidation sites excluding steroid dienone is 1. The summed E-state index contributed by atoms with van der Waals surface area (Å²) in [6.07, 6.45) is 0.796. The molecule has 0 atom stereocenters. The van der Waals surface area contributed by atoms with E-state index in [1.807, 2.05) is 26.2 Å². The predicted octanol–water partition coefficient (Wildman–Crippen LogP) is 1.87. The van der Waals surface area contributed by atoms with Crippen molar-refractivity contribution in [2.24, 2.45) is 5.73 Å². The first kappa shape index (κ1) is 11.7. The zero-order valence-corrected chi connectivity index (χ0v) is 11.2. The van der Waals surface area contributed by atoms with E-state index in [0.29, 0.717) is 0 Å². The highest BCUT2D eigenvalue weighted by Gasteiger charge is 2.20. The first-order chi connectivity index (χ1) is 9.17. The summed E-state index contributed by atoms with van der Waals surface area (Å²) >= 11 is 0. The van der Waals surface area contributed by atoms with Gasteiger partial charge in [0.15, 0.2) is 0 Å². The van der Waals surface area contributed by atoms with Crippen LogP contribution in [0.3, 0.4) is 0 Å². The van der Waals surface area contributed by atoms with Gasteiger partial charge in [-0.05, 0) is 17.0 Å². The first-order valence-corrected chi connectivity index (χ1v) is 6.36. The average molecular weight is 254 g/mol. The number of hydrogen-bond donors (Lipinski definition) is 4. The SMILES string of the molecule is CNC1=C(N)c2cccc3c(NC)c(N)cc(c23)C1. The molecule has 4 nitrogen and oxygen atoms in total. The summed E-state index contributed by atoms with van der Waals surface area (Å²) in [5, 5.41) is 8.71. The molecule has 0 spiro atoms. The molecule has 6 N–H and O–H groups in total. The van der Waals surface area contributed by atoms with Gasteiger partial charge in [0, 0.05) is 37.2 Å². The van der Waals surface area contributed by atoms with Crippen molar-refractivity contribution >= 4 is 27.8 Å². The smallest absolute Gasteiger partial charge is 0.0651 e. The number of rotatable bonds is 2. The molecule has 0 aliphatic heterocycles. The lowest BCUT2D eigenvalue weighted by atomic mass is 9.88. The van der Waals surface area contributed by atoms with Crippen LogP contribution in [-0.4, -0.2) is 14.1 Å². The summed E-state index contributed by atoms with van der Waals surface area (Å²) in [7, 11) is 3.79. The van der Waals surface area contributed by atoms with E-state index in [0.717, 1.165) is 40.1 Å². The van der Waals surface area contributed by atoms with Crippen molar-refractivity contribution in [3.63, 3.8) is 0 Å². The molecule has 0 amide bonds. The highest BCUT2D eigenvalue weighted by Crippen LogP contribution is 2.39. The van der Waals surface area contributed by atoms with Crippen LogP contribution in [0.5, 0.6) is 0 Å². The van der Waals surface area contributed by atoms with E-state index >= 15 is 0 Å². The maximum atomic E-state index is 6.25. The summed E-state index contributed by atoms with van der Waals surface area (Å²) < 4.78 is 0. The maximum Gasteiger partial charge on any atom is 0.0651 e. The van der Waals surface area contributed by atoms with E-state index in [4.69, 9.17) is 11.5 Å². The minimum Gasteiger partial charge on any atom is -0.397 e. The Balaban J connectivity index is 2.44. The zero-order valence-electron chi connectivity index (χ0n) is 11.2. The fraction of sp³-hybridized carbons (Fsp3) is 0.200. The summed E-state index contributed by atoms with van der Waals surface area (Å²) in [5.41, 5.74) is 18.3. The van der Waals surface area contributed by atoms with Crippen LogP contribution >= 0.6 is 0 Å². The highest BCUT2D eigenvalue weighted by atomic mass is 14.9. The van der Waals surface area contributed by atoms with Gasteiger partial charge in [0.1, 0.15) is 0 Å². The molecule has 1 aliphatic rings. The fourth-order valence-electron chi connectivity index (χ4n) is 2.91. The highest BCUT2D eigenvalue weighted by molar-refractivity contribution is 6.07. The molecule has 0 fully saturated rings. The summed E-state index contributed by atoms with van der Waals surface area (Å²) in [6.45, 7) is 0. The second-order valence-electron chi connectivity index (χ2n) is 4.80. The van der Waals surface area contributed by atoms with Crippen LogP contribution in [0.25, 0.3) is 16.5 Å². The molecule has 0 unspecified atom stereocenters. The maximum absolute atomic E-state index is 6.25. The van der Waals surface area contributed by atoms with Crippen molar-refractivity contribution < 1.29 is 0 Å². The van der Waals surface area contributed by atoms with Gasteiger partial charge in [0.05, 0.1) is 17.1 Å². The Morgan fingerprint density at radius 1 is 1.11 bits per heavy atom. The topological polar surface area (TPSA) is 76.1 Å². The monoisotopic (exact) mass is 254 g/mol. The molecule has 98 valence electrons. The molecule has 0 aromatic heterocycles. The minimum absolute atomic E-state index is 0.776. The Hall–Kier alpha value is -2.36. The van der Waals surface area contributed by atoms with Gasteiger partial charge in [0.2, 0.25) is 0 Å². The van der Waals surface area contributed by atoms with Crippen molar-refractivity contribution in [3.8, 4) is 0 Å². The van der Waals surface area contributed by atoms with Gasteiger partial charge in [0.25, 0.3) is 0 Å². The quantitative estimate of drug-likeness (QED) is 0.617. The van der Waals surface area contributed by atoms with E-state index in [9.17, 15) is 0 Å². The minimum atomic E-state index is 0.776. The third kappa shape index (κ3) is 1.53. The van der Waals surface area contributed by atoms with E-state index in [1.54, 1.807) is 0 Å². The van der Waals surface area contributed by atoms with Gasteiger partial charge in [-0.15, -0.1) is 0 Å². The summed E-state index contributed by atoms with van der Waals surface area (Å²) in [5.74, 6) is 0. The van der Waals surface area contributed by atoms with Gasteiger partial charge in [-0.1, -0.05) is 18.2 Å². The van der Waals surface area contributed by atoms with Crippen molar-refractivity contribution in [1.82, 2.24) is 5.32 Å². The van der Waals surface area contributed by atoms with E-state index in [-0.39, 0.29) is 0 Å². The average Bonchev–Trinajstić information content (AvgIpc) is 2.42. The van der Waals surface area contributed by atoms with Crippen molar-refractivity contribution in [1.29, 1.82) is 0 Å². The molecule has 0 saturated heterocycles. The lowest BCUT2D eigenvalue weighted by Crippen LogP contribution is -2.19. The van der Waals surface area contributed by atoms with Crippen LogP contribution in [0.2, 0.25) is 0 Å². The van der Waals surface area contributed by atoms with Gasteiger partial charge in [-0.2, -0.15) is 0 Å². The Labute approximate surface area is 112 Å². The molecule has 2 aromatic rings. The molecule has 0 bridgehead atoms. The van der Waals surface area contributed by atoms with Crippen LogP contribution in [0.15, 0.2) is 30.0 Å². The Morgan fingerprint density at radius 2 is 1.89 bits per heavy atom. The van der Waals surface area contributed by atoms with Gasteiger partial charge in [-0.3, -0.25) is 0 Å². The van der Waals surface area contributed by atoms with Crippen molar-refractivity contribution in [3.05, 3.63) is 41.1 Å². The molecule has 0 saturated carbocycles. The number of hydrogen-bond acceptors (Lipinski definition) is 4. The van der Waals surface area contributed by atoms with Gasteiger partial charge in [-0.25, -0.2) is 0 Å². The number of nitrogens with two attached hydrogens (primary N) is 2. The Morgan fingerprint density at radius 3 is 2.58 bits per heavy atom. The van der Waals surface area contributed by atoms with Crippen LogP contribution in [0.1, 0.15) is 11.1 Å². The Bertz CT molecular complexity index is 701. The van der Waals surface area contributed by atoms with E-state index in [2.05, 4.69) is 22.8 Å². The molecule has 2 aromatic carbocycles. The molecule has 1 aliphatic carbocycles. The van der Waals surface area contributed by atoms with Crippen LogP contribution in [0, 0.1) is 0 Å². The number of anilines is 2. The molecular weight excluding hydrogens is 236 g/mol. The summed E-state index contributed by atoms with van der Waals surface area (Å²) in [4.78, 5) is 0. The number of nitrogen functional groups attached to an aromatic ring is 1. The van der Waals surface area contributed by atoms with Crippen LogP contribution in [0.4, 0.5) is 11.4 Å². The zero-order chi connectivity index (χ0) is 13.6. The van der Waals surface area contributed by atoms with Crippen molar-refractivity contribution in [2.75, 3.05) is 25.1 Å². The van der Waals surface area contributed by atoms with E-state index in [1.165, 1.54) is 10.9 Å². The van der Waals surface area contributed by atoms with E-state index < -0.39 is 0 Å². The van der Waals surface area contributed by atoms with Crippen molar-refractivity contribution in [2.45, 2.75) is 6.42 Å². The second-order valence-corrected chi connectivity index (χ2v) is 4.80. The number of nitrogens with one attached hydrogen (secondary N) is 2. The third-order valence-electron chi connectivity index (χ3n) is 3.81. The van der Waals surface area contributed by atoms with Crippen LogP contribution in [-0.2, 0) is 6.42 Å². The molecule has 19 heavy (non-hydrogen) atoms. The molecule has 0 heterocycles. The predicted molar refractivity (Wildman–Crippen MR) is 81.8 cm³/mol. The fourth-order valence-corrected chi connectivity index (χ4v) is 2.91. The van der Waals surface area contributed by atoms with Gasteiger partial charge >= 0.3 is 0 Å². The molecule has 4 heteroatoms. The number of benzene rings is 2. The lowest BCUT2D eigenvalue weighted by Gasteiger charge is -2.23. The normalized spacial score (nSPS) is 13.8. The largest absolute Gasteiger partial charge is 0.397 e. The Kier molecular flexibility index (Phi) is 2.52. The van der Waals surface area contributed by atoms with Gasteiger partial charge < -0.3 is 22.1 Å². The molecule has 0 radical (unpaired) electrons. The first-order valence-electron chi connectivity index (χ1n) is 6.36. The second kappa shape index (κ2) is 4.09. The standard InChI is InChI=1S/C15H18N4/c1-18-12-7-8-6-11(16)15(19-2)10-5-3-4-9(13(8)10)14(12)17/h3-6,18-19H,7,16-17H2,1-2H3. The molecule has 3 rings (SSSR count). The number of likely N-dealkylation sites (N-methyl/N-ethyl adjacent to an activating group) is 1. The lowest BCUT2D eigenvalue weighted by molar-refractivity contribution is 0.918. The molecular formula is C15H18N4.